The Balaban J connectivity index is 1.22. The number of piperidine rings is 1. The van der Waals surface area contributed by atoms with Gasteiger partial charge in [0, 0.05) is 74.2 Å². The summed E-state index contributed by atoms with van der Waals surface area (Å²) in [6.07, 6.45) is 5.49. The number of fused-ring (bicyclic) bond motifs is 1. The standard InChI is InChI=1S/C29H32F3N9O/c1-17(20-3-4-22(30)26-21(28(42)33-2)5-8-34-27(20)26)12-35-25-11-23(38-16-39-25)18-13-36-29(37-14-18)40-19-6-9-41(10-7-19)15-24(31)32/h3-5,8,11,13-14,16-17,19,24H,6-7,9-10,12,15H2,1-2H3,(H,33,42)(H,35,38,39)(H,36,37,40). The number of nitrogens with zero attached hydrogens (tertiary/aromatic N) is 6. The number of nitrogens with one attached hydrogen (secondary N) is 3. The first-order valence-electron chi connectivity index (χ1n) is 13.8. The number of halogens is 3. The first kappa shape index (κ1) is 29.1. The van der Waals surface area contributed by atoms with E-state index in [1.165, 1.54) is 31.7 Å². The van der Waals surface area contributed by atoms with Crippen LogP contribution in [0.4, 0.5) is 24.9 Å². The molecule has 1 amide bonds. The molecule has 1 aromatic carbocycles. The number of hydrogen-bond acceptors (Lipinski definition) is 9. The molecule has 0 saturated carbocycles. The third kappa shape index (κ3) is 6.73. The monoisotopic (exact) mass is 579 g/mol. The second kappa shape index (κ2) is 13.1. The number of pyridine rings is 1. The predicted molar refractivity (Wildman–Crippen MR) is 154 cm³/mol. The minimum absolute atomic E-state index is 0.0881. The summed E-state index contributed by atoms with van der Waals surface area (Å²) in [4.78, 5) is 36.0. The predicted octanol–water partition coefficient (Wildman–Crippen LogP) is 4.34. The van der Waals surface area contributed by atoms with Crippen molar-refractivity contribution in [2.45, 2.75) is 38.2 Å². The van der Waals surface area contributed by atoms with Gasteiger partial charge in [0.1, 0.15) is 18.0 Å². The molecule has 1 aliphatic heterocycles. The number of aromatic nitrogens is 5. The molecule has 13 heteroatoms. The fourth-order valence-electron chi connectivity index (χ4n) is 5.12. The smallest absolute Gasteiger partial charge is 0.251 e. The van der Waals surface area contributed by atoms with Crippen LogP contribution in [0.1, 0.15) is 41.6 Å². The van der Waals surface area contributed by atoms with Crippen molar-refractivity contribution in [2.75, 3.05) is 43.9 Å². The molecule has 1 fully saturated rings. The van der Waals surface area contributed by atoms with Crippen LogP contribution in [0, 0.1) is 5.82 Å². The number of carbonyl (C=O) groups is 1. The van der Waals surface area contributed by atoms with Gasteiger partial charge >= 0.3 is 0 Å². The normalized spacial score (nSPS) is 15.1. The van der Waals surface area contributed by atoms with Gasteiger partial charge in [-0.15, -0.1) is 0 Å². The van der Waals surface area contributed by atoms with Gasteiger partial charge in [0.15, 0.2) is 0 Å². The fraction of sp³-hybridized carbons (Fsp3) is 0.379. The van der Waals surface area contributed by atoms with Gasteiger partial charge in [-0.25, -0.2) is 33.1 Å². The third-order valence-electron chi connectivity index (χ3n) is 7.40. The summed E-state index contributed by atoms with van der Waals surface area (Å²) < 4.78 is 40.0. The lowest BCUT2D eigenvalue weighted by Crippen LogP contribution is -2.41. The van der Waals surface area contributed by atoms with Crippen molar-refractivity contribution in [3.63, 3.8) is 0 Å². The highest BCUT2D eigenvalue weighted by atomic mass is 19.3. The lowest BCUT2D eigenvalue weighted by atomic mass is 9.95. The molecule has 10 nitrogen and oxygen atoms in total. The van der Waals surface area contributed by atoms with E-state index in [0.717, 1.165) is 18.4 Å². The molecular weight excluding hydrogens is 547 g/mol. The van der Waals surface area contributed by atoms with Gasteiger partial charge in [0.2, 0.25) is 5.95 Å². The summed E-state index contributed by atoms with van der Waals surface area (Å²) in [7, 11) is 1.50. The van der Waals surface area contributed by atoms with Crippen LogP contribution in [0.5, 0.6) is 0 Å². The lowest BCUT2D eigenvalue weighted by molar-refractivity contribution is 0.0769. The maximum Gasteiger partial charge on any atom is 0.251 e. The van der Waals surface area contributed by atoms with E-state index in [1.807, 2.05) is 6.92 Å². The summed E-state index contributed by atoms with van der Waals surface area (Å²) in [5, 5.41) is 9.34. The van der Waals surface area contributed by atoms with E-state index in [4.69, 9.17) is 0 Å². The number of anilines is 2. The SMILES string of the molecule is CNC(=O)c1ccnc2c(C(C)CNc3cc(-c4cnc(NC5CCN(CC(F)F)CC5)nc4)ncn3)ccc(F)c12. The van der Waals surface area contributed by atoms with Crippen LogP contribution in [0.3, 0.4) is 0 Å². The molecule has 0 radical (unpaired) electrons. The van der Waals surface area contributed by atoms with Gasteiger partial charge in [-0.05, 0) is 30.5 Å². The molecule has 5 rings (SSSR count). The van der Waals surface area contributed by atoms with E-state index in [-0.39, 0.29) is 35.4 Å². The molecule has 0 spiro atoms. The van der Waals surface area contributed by atoms with Crippen LogP contribution < -0.4 is 16.0 Å². The van der Waals surface area contributed by atoms with Crippen LogP contribution >= 0.6 is 0 Å². The Bertz CT molecular complexity index is 1530. The highest BCUT2D eigenvalue weighted by Crippen LogP contribution is 2.29. The molecule has 4 aromatic rings. The van der Waals surface area contributed by atoms with Crippen molar-refractivity contribution < 1.29 is 18.0 Å². The van der Waals surface area contributed by atoms with Crippen LogP contribution in [0.15, 0.2) is 49.2 Å². The number of likely N-dealkylation sites (tertiary alicyclic amines) is 1. The molecular formula is C29H32F3N9O. The zero-order chi connectivity index (χ0) is 29.6. The summed E-state index contributed by atoms with van der Waals surface area (Å²) in [5.41, 5.74) is 2.83. The van der Waals surface area contributed by atoms with E-state index >= 15 is 0 Å². The Morgan fingerprint density at radius 3 is 2.55 bits per heavy atom. The van der Waals surface area contributed by atoms with E-state index in [9.17, 15) is 18.0 Å². The maximum absolute atomic E-state index is 14.7. The topological polar surface area (TPSA) is 121 Å². The summed E-state index contributed by atoms with van der Waals surface area (Å²) in [5.74, 6) is 0.107. The quantitative estimate of drug-likeness (QED) is 0.252. The average Bonchev–Trinajstić information content (AvgIpc) is 3.00. The molecule has 220 valence electrons. The van der Waals surface area contributed by atoms with Crippen LogP contribution in [-0.2, 0) is 0 Å². The molecule has 3 N–H and O–H groups in total. The van der Waals surface area contributed by atoms with Crippen molar-refractivity contribution in [2.24, 2.45) is 0 Å². The fourth-order valence-corrected chi connectivity index (χ4v) is 5.12. The molecule has 42 heavy (non-hydrogen) atoms. The largest absolute Gasteiger partial charge is 0.369 e. The maximum atomic E-state index is 14.7. The number of hydrogen-bond donors (Lipinski definition) is 3. The highest BCUT2D eigenvalue weighted by Gasteiger charge is 2.22. The molecule has 0 aliphatic carbocycles. The molecule has 4 heterocycles. The minimum Gasteiger partial charge on any atom is -0.369 e. The Kier molecular flexibility index (Phi) is 9.06. The van der Waals surface area contributed by atoms with E-state index in [1.54, 1.807) is 29.4 Å². The Labute approximate surface area is 241 Å². The number of amides is 1. The van der Waals surface area contributed by atoms with E-state index < -0.39 is 12.2 Å². The molecule has 0 bridgehead atoms. The Hall–Kier alpha value is -4.39. The minimum atomic E-state index is -2.32. The van der Waals surface area contributed by atoms with Gasteiger partial charge in [-0.2, -0.15) is 0 Å². The first-order valence-corrected chi connectivity index (χ1v) is 13.8. The van der Waals surface area contributed by atoms with Crippen LogP contribution in [-0.4, -0.2) is 81.4 Å². The molecule has 3 aromatic heterocycles. The van der Waals surface area contributed by atoms with Crippen LogP contribution in [0.2, 0.25) is 0 Å². The lowest BCUT2D eigenvalue weighted by Gasteiger charge is -2.31. The zero-order valence-electron chi connectivity index (χ0n) is 23.3. The van der Waals surface area contributed by atoms with Gasteiger partial charge in [-0.1, -0.05) is 13.0 Å². The molecule has 1 unspecified atom stereocenters. The van der Waals surface area contributed by atoms with E-state index in [2.05, 4.69) is 40.9 Å². The van der Waals surface area contributed by atoms with Crippen molar-refractivity contribution in [1.29, 1.82) is 0 Å². The van der Waals surface area contributed by atoms with Crippen molar-refractivity contribution in [3.8, 4) is 11.3 Å². The number of carbonyl (C=O) groups excluding carboxylic acids is 1. The number of alkyl halides is 2. The van der Waals surface area contributed by atoms with Gasteiger partial charge in [0.25, 0.3) is 12.3 Å². The Morgan fingerprint density at radius 2 is 1.83 bits per heavy atom. The summed E-state index contributed by atoms with van der Waals surface area (Å²) >= 11 is 0. The zero-order valence-corrected chi connectivity index (χ0v) is 23.3. The summed E-state index contributed by atoms with van der Waals surface area (Å²) in [6.45, 7) is 3.49. The van der Waals surface area contributed by atoms with Gasteiger partial charge in [-0.3, -0.25) is 14.7 Å². The first-order chi connectivity index (χ1) is 20.3. The van der Waals surface area contributed by atoms with Crippen molar-refractivity contribution >= 4 is 28.6 Å². The Morgan fingerprint density at radius 1 is 1.07 bits per heavy atom. The molecule has 1 atom stereocenters. The highest BCUT2D eigenvalue weighted by molar-refractivity contribution is 6.06. The molecule has 1 aliphatic rings. The van der Waals surface area contributed by atoms with Gasteiger partial charge < -0.3 is 16.0 Å². The number of rotatable bonds is 10. The molecule has 1 saturated heterocycles. The second-order valence-electron chi connectivity index (χ2n) is 10.3. The van der Waals surface area contributed by atoms with Crippen molar-refractivity contribution in [3.05, 3.63) is 66.1 Å². The van der Waals surface area contributed by atoms with Gasteiger partial charge in [0.05, 0.1) is 23.3 Å². The second-order valence-corrected chi connectivity index (χ2v) is 10.3. The van der Waals surface area contributed by atoms with Crippen molar-refractivity contribution in [1.82, 2.24) is 35.1 Å². The van der Waals surface area contributed by atoms with Crippen LogP contribution in [0.25, 0.3) is 22.2 Å². The van der Waals surface area contributed by atoms with E-state index in [0.29, 0.717) is 48.2 Å². The number of benzene rings is 1. The average molecular weight is 580 g/mol. The third-order valence-corrected chi connectivity index (χ3v) is 7.40. The summed E-state index contributed by atoms with van der Waals surface area (Å²) in [6, 6.07) is 6.48.